The molecule has 0 radical (unpaired) electrons. The maximum atomic E-state index is 14.0. The first-order chi connectivity index (χ1) is 18.1. The van der Waals surface area contributed by atoms with Gasteiger partial charge in [0, 0.05) is 24.2 Å². The number of ether oxygens (including phenoxy) is 1. The molecular weight excluding hydrogens is 484 g/mol. The molecule has 4 rings (SSSR count). The summed E-state index contributed by atoms with van der Waals surface area (Å²) in [6.07, 6.45) is 6.11. The average molecular weight is 519 g/mol. The van der Waals surface area contributed by atoms with Gasteiger partial charge in [0.15, 0.2) is 0 Å². The molecule has 0 spiro atoms. The molecule has 0 aliphatic carbocycles. The fraction of sp³-hybridized carbons (Fsp3) is 0.379. The molecular formula is C29H34N4O5. The van der Waals surface area contributed by atoms with Crippen LogP contribution in [0.2, 0.25) is 0 Å². The third kappa shape index (κ3) is 5.01. The number of ketones is 1. The predicted octanol–water partition coefficient (Wildman–Crippen LogP) is 2.86. The highest BCUT2D eigenvalue weighted by Gasteiger charge is 2.44. The Balaban J connectivity index is 1.79. The van der Waals surface area contributed by atoms with Crippen molar-refractivity contribution < 1.29 is 28.8 Å². The molecule has 2 aromatic heterocycles. The minimum Gasteiger partial charge on any atom is -0.872 e. The van der Waals surface area contributed by atoms with Crippen molar-refractivity contribution in [2.45, 2.75) is 59.5 Å². The van der Waals surface area contributed by atoms with E-state index in [0.717, 1.165) is 5.56 Å². The van der Waals surface area contributed by atoms with Crippen molar-refractivity contribution in [2.24, 2.45) is 0 Å². The van der Waals surface area contributed by atoms with Crippen molar-refractivity contribution in [3.8, 4) is 0 Å². The quantitative estimate of drug-likeness (QED) is 0.148. The molecule has 9 heteroatoms. The molecule has 1 aliphatic heterocycles. The van der Waals surface area contributed by atoms with Gasteiger partial charge in [-0.25, -0.2) is 9.36 Å². The van der Waals surface area contributed by atoms with Crippen molar-refractivity contribution >= 4 is 23.4 Å². The highest BCUT2D eigenvalue weighted by Crippen LogP contribution is 2.40. The van der Waals surface area contributed by atoms with Crippen molar-refractivity contribution in [1.29, 1.82) is 0 Å². The maximum Gasteiger partial charge on any atom is 0.355 e. The molecule has 3 heterocycles. The molecule has 0 saturated carbocycles. The van der Waals surface area contributed by atoms with E-state index in [4.69, 9.17) is 4.74 Å². The first-order valence-corrected chi connectivity index (χ1v) is 12.9. The van der Waals surface area contributed by atoms with Gasteiger partial charge in [-0.05, 0) is 48.9 Å². The Bertz CT molecular complexity index is 1370. The molecule has 38 heavy (non-hydrogen) atoms. The van der Waals surface area contributed by atoms with E-state index < -0.39 is 29.5 Å². The van der Waals surface area contributed by atoms with E-state index in [9.17, 15) is 19.5 Å². The summed E-state index contributed by atoms with van der Waals surface area (Å²) in [6.45, 7) is 10.3. The summed E-state index contributed by atoms with van der Waals surface area (Å²) < 4.78 is 7.06. The summed E-state index contributed by atoms with van der Waals surface area (Å²) in [6, 6.07) is 6.88. The number of amides is 1. The van der Waals surface area contributed by atoms with Gasteiger partial charge in [-0.3, -0.25) is 14.6 Å². The third-order valence-electron chi connectivity index (χ3n) is 7.01. The van der Waals surface area contributed by atoms with E-state index in [-0.39, 0.29) is 23.4 Å². The average Bonchev–Trinajstić information content (AvgIpc) is 3.57. The van der Waals surface area contributed by atoms with Gasteiger partial charge in [-0.1, -0.05) is 43.9 Å². The Morgan fingerprint density at radius 1 is 1.18 bits per heavy atom. The molecule has 1 unspecified atom stereocenters. The number of H-pyrrole nitrogens is 2. The molecule has 1 fully saturated rings. The smallest absolute Gasteiger partial charge is 0.355 e. The largest absolute Gasteiger partial charge is 0.872 e. The highest BCUT2D eigenvalue weighted by atomic mass is 16.5. The van der Waals surface area contributed by atoms with Crippen LogP contribution in [0.4, 0.5) is 0 Å². The zero-order chi connectivity index (χ0) is 27.6. The summed E-state index contributed by atoms with van der Waals surface area (Å²) in [4.78, 5) is 46.5. The Morgan fingerprint density at radius 2 is 1.89 bits per heavy atom. The number of rotatable bonds is 9. The fourth-order valence-corrected chi connectivity index (χ4v) is 5.03. The number of aryl methyl sites for hydroxylation is 2. The van der Waals surface area contributed by atoms with Gasteiger partial charge in [0.2, 0.25) is 12.1 Å². The summed E-state index contributed by atoms with van der Waals surface area (Å²) >= 11 is 0. The van der Waals surface area contributed by atoms with Crippen LogP contribution in [0.1, 0.15) is 77.6 Å². The van der Waals surface area contributed by atoms with Crippen LogP contribution in [-0.4, -0.2) is 45.7 Å². The number of hydrogen-bond donors (Lipinski definition) is 2. The van der Waals surface area contributed by atoms with Crippen LogP contribution in [0.5, 0.6) is 0 Å². The monoisotopic (exact) mass is 518 g/mol. The van der Waals surface area contributed by atoms with Gasteiger partial charge in [0.25, 0.3) is 5.91 Å². The SMILES string of the molecule is CCOC(=O)c1[nH]c(C)c(C([O-])=C2C(=O)C(=O)N(CCC[n+]3cc[nH]c3)C2c2ccc(C(C)C)cc2)c1C. The highest BCUT2D eigenvalue weighted by molar-refractivity contribution is 6.46. The lowest BCUT2D eigenvalue weighted by atomic mass is 9.92. The molecule has 1 amide bonds. The van der Waals surface area contributed by atoms with E-state index in [1.165, 1.54) is 4.90 Å². The van der Waals surface area contributed by atoms with Gasteiger partial charge >= 0.3 is 5.97 Å². The van der Waals surface area contributed by atoms with E-state index in [2.05, 4.69) is 23.8 Å². The zero-order valence-electron chi connectivity index (χ0n) is 22.5. The fourth-order valence-electron chi connectivity index (χ4n) is 5.03. The van der Waals surface area contributed by atoms with E-state index >= 15 is 0 Å². The van der Waals surface area contributed by atoms with Crippen LogP contribution < -0.4 is 9.67 Å². The number of aromatic nitrogens is 3. The maximum absolute atomic E-state index is 14.0. The van der Waals surface area contributed by atoms with E-state index in [1.807, 2.05) is 41.4 Å². The van der Waals surface area contributed by atoms with Crippen molar-refractivity contribution in [1.82, 2.24) is 14.9 Å². The summed E-state index contributed by atoms with van der Waals surface area (Å²) in [5.41, 5.74) is 2.95. The number of Topliss-reactive ketones (excluding diaryl/α,β-unsaturated/α-hetero) is 1. The standard InChI is InChI=1S/C29H34N4O5/c1-6-38-29(37)24-18(4)22(19(5)31-24)26(34)23-25(21-10-8-20(9-11-21)17(2)3)33(28(36)27(23)35)14-7-13-32-15-12-30-16-32/h8-12,15-17,25H,6-7,13-14H2,1-5H3,(H2,31,34,35,37). The lowest BCUT2D eigenvalue weighted by Crippen LogP contribution is -2.36. The van der Waals surface area contributed by atoms with Crippen molar-refractivity contribution in [3.63, 3.8) is 0 Å². The molecule has 1 atom stereocenters. The number of nitrogens with one attached hydrogen (secondary N) is 2. The van der Waals surface area contributed by atoms with Crippen LogP contribution in [0.25, 0.3) is 5.76 Å². The molecule has 3 aromatic rings. The number of imidazole rings is 1. The summed E-state index contributed by atoms with van der Waals surface area (Å²) in [5, 5.41) is 14.0. The molecule has 0 bridgehead atoms. The Labute approximate surface area is 222 Å². The second-order valence-electron chi connectivity index (χ2n) is 9.84. The lowest BCUT2D eigenvalue weighted by molar-refractivity contribution is -0.695. The Morgan fingerprint density at radius 3 is 2.50 bits per heavy atom. The van der Waals surface area contributed by atoms with Crippen LogP contribution in [0, 0.1) is 13.8 Å². The van der Waals surface area contributed by atoms with Crippen LogP contribution >= 0.6 is 0 Å². The number of esters is 1. The third-order valence-corrected chi connectivity index (χ3v) is 7.01. The normalized spacial score (nSPS) is 17.0. The predicted molar refractivity (Wildman–Crippen MR) is 139 cm³/mol. The van der Waals surface area contributed by atoms with Crippen LogP contribution in [0.15, 0.2) is 48.6 Å². The first-order valence-electron chi connectivity index (χ1n) is 12.9. The summed E-state index contributed by atoms with van der Waals surface area (Å²) in [7, 11) is 0. The second kappa shape index (κ2) is 11.1. The molecule has 200 valence electrons. The van der Waals surface area contributed by atoms with E-state index in [1.54, 1.807) is 27.0 Å². The Hall–Kier alpha value is -4.14. The first kappa shape index (κ1) is 26.9. The molecule has 1 saturated heterocycles. The minimum atomic E-state index is -0.820. The number of carbonyl (C=O) groups excluding carboxylic acids is 3. The number of aromatic amines is 2. The summed E-state index contributed by atoms with van der Waals surface area (Å²) in [5.74, 6) is -2.31. The molecule has 1 aliphatic rings. The van der Waals surface area contributed by atoms with Gasteiger partial charge in [-0.15, -0.1) is 0 Å². The molecule has 2 N–H and O–H groups in total. The number of hydrogen-bond acceptors (Lipinski definition) is 5. The number of benzene rings is 1. The van der Waals surface area contributed by atoms with Gasteiger partial charge < -0.3 is 19.7 Å². The number of likely N-dealkylation sites (tertiary alicyclic amines) is 1. The van der Waals surface area contributed by atoms with Gasteiger partial charge in [-0.2, -0.15) is 0 Å². The number of nitrogens with zero attached hydrogens (tertiary/aromatic N) is 2. The number of carbonyl (C=O) groups is 3. The zero-order valence-corrected chi connectivity index (χ0v) is 22.5. The second-order valence-corrected chi connectivity index (χ2v) is 9.84. The topological polar surface area (TPSA) is 122 Å². The van der Waals surface area contributed by atoms with E-state index in [0.29, 0.717) is 42.2 Å². The molecule has 9 nitrogen and oxygen atoms in total. The van der Waals surface area contributed by atoms with Gasteiger partial charge in [0.05, 0.1) is 19.2 Å². The lowest BCUT2D eigenvalue weighted by Gasteiger charge is -2.28. The van der Waals surface area contributed by atoms with Crippen LogP contribution in [0.3, 0.4) is 0 Å². The Kier molecular flexibility index (Phi) is 7.85. The minimum absolute atomic E-state index is 0.0952. The van der Waals surface area contributed by atoms with Crippen LogP contribution in [-0.2, 0) is 20.9 Å². The van der Waals surface area contributed by atoms with Crippen molar-refractivity contribution in [3.05, 3.63) is 82.2 Å². The molecule has 1 aromatic carbocycles. The van der Waals surface area contributed by atoms with Crippen molar-refractivity contribution in [2.75, 3.05) is 13.2 Å². The van der Waals surface area contributed by atoms with Gasteiger partial charge in [0.1, 0.15) is 18.1 Å².